The van der Waals surface area contributed by atoms with Gasteiger partial charge >= 0.3 is 5.97 Å². The van der Waals surface area contributed by atoms with Crippen LogP contribution >= 0.6 is 0 Å². The summed E-state index contributed by atoms with van der Waals surface area (Å²) in [6.45, 7) is 1.76. The molecule has 1 N–H and O–H groups in total. The van der Waals surface area contributed by atoms with E-state index in [1.807, 2.05) is 48.5 Å². The number of pyridine rings is 1. The predicted molar refractivity (Wildman–Crippen MR) is 129 cm³/mol. The highest BCUT2D eigenvalue weighted by atomic mass is 16.5. The van der Waals surface area contributed by atoms with Gasteiger partial charge < -0.3 is 14.6 Å². The fourth-order valence-electron chi connectivity index (χ4n) is 3.85. The normalized spacial score (nSPS) is 11.7. The molecule has 0 radical (unpaired) electrons. The molecular formula is C27H24N2O4. The molecule has 0 aliphatic carbocycles. The monoisotopic (exact) mass is 440 g/mol. The third-order valence-corrected chi connectivity index (χ3v) is 5.51. The van der Waals surface area contributed by atoms with Gasteiger partial charge in [0.2, 0.25) is 0 Å². The Hall–Kier alpha value is -4.19. The van der Waals surface area contributed by atoms with Crippen molar-refractivity contribution in [3.63, 3.8) is 0 Å². The van der Waals surface area contributed by atoms with Crippen LogP contribution in [0.2, 0.25) is 0 Å². The second-order valence-corrected chi connectivity index (χ2v) is 7.66. The Kier molecular flexibility index (Phi) is 6.36. The maximum absolute atomic E-state index is 13.4. The minimum Gasteiger partial charge on any atom is -0.448 e. The van der Waals surface area contributed by atoms with Crippen molar-refractivity contribution in [2.75, 3.05) is 5.32 Å². The van der Waals surface area contributed by atoms with E-state index < -0.39 is 18.0 Å². The molecule has 4 rings (SSSR count). The first-order valence-corrected chi connectivity index (χ1v) is 10.7. The highest BCUT2D eigenvalue weighted by Gasteiger charge is 2.27. The molecule has 4 aromatic rings. The second kappa shape index (κ2) is 9.53. The van der Waals surface area contributed by atoms with Gasteiger partial charge in [-0.05, 0) is 35.6 Å². The molecule has 0 fully saturated rings. The fourth-order valence-corrected chi connectivity index (χ4v) is 3.85. The summed E-state index contributed by atoms with van der Waals surface area (Å²) in [5.41, 5.74) is 1.78. The smallest absolute Gasteiger partial charge is 0.356 e. The maximum atomic E-state index is 13.4. The molecule has 33 heavy (non-hydrogen) atoms. The van der Waals surface area contributed by atoms with E-state index in [9.17, 15) is 14.4 Å². The number of esters is 1. The summed E-state index contributed by atoms with van der Waals surface area (Å²) < 4.78 is 6.96. The molecule has 0 aliphatic rings. The van der Waals surface area contributed by atoms with Gasteiger partial charge in [0.1, 0.15) is 5.69 Å². The van der Waals surface area contributed by atoms with Crippen molar-refractivity contribution in [2.24, 2.45) is 7.05 Å². The molecule has 0 aliphatic heterocycles. The molecule has 0 saturated heterocycles. The minimum absolute atomic E-state index is 0.107. The van der Waals surface area contributed by atoms with E-state index in [1.54, 1.807) is 50.4 Å². The standard InChI is InChI=1S/C27H24N2O4/c1-3-22(25(30)28-19-14-8-5-9-15-19)33-27(32)24-23(18-12-6-4-7-13-18)20-16-10-11-17-21(20)26(31)29(24)2/h4-17,22H,3H2,1-2H3,(H,28,30). The molecule has 1 amide bonds. The van der Waals surface area contributed by atoms with Crippen LogP contribution in [0.3, 0.4) is 0 Å². The van der Waals surface area contributed by atoms with E-state index in [4.69, 9.17) is 4.74 Å². The average molecular weight is 440 g/mol. The van der Waals surface area contributed by atoms with Gasteiger partial charge in [0.05, 0.1) is 0 Å². The van der Waals surface area contributed by atoms with E-state index >= 15 is 0 Å². The average Bonchev–Trinajstić information content (AvgIpc) is 2.85. The molecule has 6 heteroatoms. The summed E-state index contributed by atoms with van der Waals surface area (Å²) >= 11 is 0. The van der Waals surface area contributed by atoms with Crippen LogP contribution in [0.5, 0.6) is 0 Å². The van der Waals surface area contributed by atoms with Gasteiger partial charge in [-0.3, -0.25) is 9.59 Å². The summed E-state index contributed by atoms with van der Waals surface area (Å²) in [5.74, 6) is -1.15. The number of amides is 1. The first-order valence-electron chi connectivity index (χ1n) is 10.7. The lowest BCUT2D eigenvalue weighted by atomic mass is 9.97. The second-order valence-electron chi connectivity index (χ2n) is 7.66. The van der Waals surface area contributed by atoms with Gasteiger partial charge in [0.25, 0.3) is 11.5 Å². The lowest BCUT2D eigenvalue weighted by molar-refractivity contribution is -0.124. The van der Waals surface area contributed by atoms with Gasteiger partial charge in [-0.25, -0.2) is 4.79 Å². The SMILES string of the molecule is CCC(OC(=O)c1c(-c2ccccc2)c2ccccc2c(=O)n1C)C(=O)Nc1ccccc1. The van der Waals surface area contributed by atoms with Crippen LogP contribution in [0.15, 0.2) is 89.7 Å². The first kappa shape index (κ1) is 22.0. The van der Waals surface area contributed by atoms with E-state index in [-0.39, 0.29) is 17.7 Å². The molecule has 3 aromatic carbocycles. The summed E-state index contributed by atoms with van der Waals surface area (Å²) in [6.07, 6.45) is -0.727. The topological polar surface area (TPSA) is 77.4 Å². The number of rotatable bonds is 6. The van der Waals surface area contributed by atoms with Crippen LogP contribution < -0.4 is 10.9 Å². The molecule has 1 heterocycles. The van der Waals surface area contributed by atoms with Gasteiger partial charge in [0, 0.05) is 23.7 Å². The van der Waals surface area contributed by atoms with E-state index in [0.717, 1.165) is 5.56 Å². The zero-order chi connectivity index (χ0) is 23.4. The van der Waals surface area contributed by atoms with Gasteiger partial charge in [-0.2, -0.15) is 0 Å². The van der Waals surface area contributed by atoms with Crippen LogP contribution in [0, 0.1) is 0 Å². The zero-order valence-electron chi connectivity index (χ0n) is 18.4. The zero-order valence-corrected chi connectivity index (χ0v) is 18.4. The molecule has 1 atom stereocenters. The Morgan fingerprint density at radius 1 is 0.879 bits per heavy atom. The van der Waals surface area contributed by atoms with E-state index in [0.29, 0.717) is 22.0 Å². The lowest BCUT2D eigenvalue weighted by Gasteiger charge is -2.20. The van der Waals surface area contributed by atoms with Crippen molar-refractivity contribution < 1.29 is 14.3 Å². The third-order valence-electron chi connectivity index (χ3n) is 5.51. The van der Waals surface area contributed by atoms with Crippen molar-refractivity contribution >= 4 is 28.3 Å². The van der Waals surface area contributed by atoms with Crippen molar-refractivity contribution in [1.82, 2.24) is 4.57 Å². The highest BCUT2D eigenvalue weighted by molar-refractivity contribution is 6.07. The number of aromatic nitrogens is 1. The molecule has 0 saturated carbocycles. The fraction of sp³-hybridized carbons (Fsp3) is 0.148. The highest BCUT2D eigenvalue weighted by Crippen LogP contribution is 2.31. The van der Waals surface area contributed by atoms with Crippen LogP contribution in [0.25, 0.3) is 21.9 Å². The number of nitrogens with one attached hydrogen (secondary N) is 1. The Morgan fingerprint density at radius 2 is 1.45 bits per heavy atom. The number of carbonyl (C=O) groups is 2. The summed E-state index contributed by atoms with van der Waals surface area (Å²) in [4.78, 5) is 39.2. The number of ether oxygens (including phenoxy) is 1. The quantitative estimate of drug-likeness (QED) is 0.438. The van der Waals surface area contributed by atoms with Gasteiger partial charge in [-0.1, -0.05) is 73.7 Å². The summed E-state index contributed by atoms with van der Waals surface area (Å²) in [6, 6.07) is 25.5. The molecule has 6 nitrogen and oxygen atoms in total. The minimum atomic E-state index is -1.01. The van der Waals surface area contributed by atoms with Gasteiger partial charge in [0.15, 0.2) is 6.10 Å². The molecule has 1 unspecified atom stereocenters. The number of benzene rings is 3. The largest absolute Gasteiger partial charge is 0.448 e. The number of anilines is 1. The van der Waals surface area contributed by atoms with Crippen LogP contribution in [-0.2, 0) is 16.6 Å². The van der Waals surface area contributed by atoms with Crippen LogP contribution in [0.1, 0.15) is 23.8 Å². The summed E-state index contributed by atoms with van der Waals surface area (Å²) in [7, 11) is 1.54. The Bertz CT molecular complexity index is 1360. The van der Waals surface area contributed by atoms with Crippen molar-refractivity contribution in [3.8, 4) is 11.1 Å². The van der Waals surface area contributed by atoms with Gasteiger partial charge in [-0.15, -0.1) is 0 Å². The molecule has 166 valence electrons. The number of hydrogen-bond donors (Lipinski definition) is 1. The Morgan fingerprint density at radius 3 is 2.09 bits per heavy atom. The molecule has 1 aromatic heterocycles. The first-order chi connectivity index (χ1) is 16.0. The Balaban J connectivity index is 1.77. The van der Waals surface area contributed by atoms with Crippen molar-refractivity contribution in [1.29, 1.82) is 0 Å². The number of nitrogens with zero attached hydrogens (tertiary/aromatic N) is 1. The summed E-state index contributed by atoms with van der Waals surface area (Å²) in [5, 5.41) is 3.92. The number of hydrogen-bond acceptors (Lipinski definition) is 4. The number of carbonyl (C=O) groups excluding carboxylic acids is 2. The Labute approximate surface area is 191 Å². The van der Waals surface area contributed by atoms with Crippen LogP contribution in [-0.4, -0.2) is 22.5 Å². The van der Waals surface area contributed by atoms with E-state index in [2.05, 4.69) is 5.32 Å². The van der Waals surface area contributed by atoms with Crippen LogP contribution in [0.4, 0.5) is 5.69 Å². The van der Waals surface area contributed by atoms with E-state index in [1.165, 1.54) is 4.57 Å². The maximum Gasteiger partial charge on any atom is 0.356 e. The predicted octanol–water partition coefficient (Wildman–Crippen LogP) is 4.78. The molecule has 0 spiro atoms. The third kappa shape index (κ3) is 4.41. The van der Waals surface area contributed by atoms with Crippen molar-refractivity contribution in [2.45, 2.75) is 19.4 Å². The molecular weight excluding hydrogens is 416 g/mol. The number of para-hydroxylation sites is 1. The molecule has 0 bridgehead atoms. The lowest BCUT2D eigenvalue weighted by Crippen LogP contribution is -2.34. The van der Waals surface area contributed by atoms with Crippen molar-refractivity contribution in [3.05, 3.63) is 101 Å². The number of fused-ring (bicyclic) bond motifs is 1.